The number of aryl methyl sites for hydroxylation is 1. The van der Waals surface area contributed by atoms with Crippen LogP contribution in [0.3, 0.4) is 0 Å². The van der Waals surface area contributed by atoms with Crippen molar-refractivity contribution in [2.24, 2.45) is 5.92 Å². The number of sulfonamides is 1. The number of nitrogens with zero attached hydrogens (tertiary/aromatic N) is 1. The molecule has 1 aliphatic heterocycles. The Labute approximate surface area is 193 Å². The van der Waals surface area contributed by atoms with E-state index in [4.69, 9.17) is 0 Å². The van der Waals surface area contributed by atoms with Gasteiger partial charge in [0.15, 0.2) is 0 Å². The number of nitrogens with one attached hydrogen (secondary N) is 1. The molecule has 0 unspecified atom stereocenters. The van der Waals surface area contributed by atoms with E-state index < -0.39 is 10.0 Å². The first-order valence-electron chi connectivity index (χ1n) is 11.4. The normalized spacial score (nSPS) is 17.2. The first kappa shape index (κ1) is 24.5. The fourth-order valence-electron chi connectivity index (χ4n) is 4.01. The van der Waals surface area contributed by atoms with E-state index in [1.807, 2.05) is 26.0 Å². The molecule has 0 radical (unpaired) electrons. The SMILES string of the molecule is Cc1ccc(S(=O)(=O)N2CCC(C)CC2)cc1C(=O)N[C@@H](C)c1ccc(C(C)(C)C)cc1. The Morgan fingerprint density at radius 2 is 1.66 bits per heavy atom. The molecule has 1 fully saturated rings. The molecule has 2 aromatic carbocycles. The minimum atomic E-state index is -3.60. The van der Waals surface area contributed by atoms with E-state index in [9.17, 15) is 13.2 Å². The Hall–Kier alpha value is -2.18. The van der Waals surface area contributed by atoms with E-state index in [-0.39, 0.29) is 22.3 Å². The summed E-state index contributed by atoms with van der Waals surface area (Å²) in [5, 5.41) is 3.03. The van der Waals surface area contributed by atoms with Crippen LogP contribution in [0.1, 0.15) is 80.6 Å². The highest BCUT2D eigenvalue weighted by molar-refractivity contribution is 7.89. The van der Waals surface area contributed by atoms with Crippen LogP contribution in [-0.2, 0) is 15.4 Å². The van der Waals surface area contributed by atoms with Crippen LogP contribution in [0.25, 0.3) is 0 Å². The molecule has 5 nitrogen and oxygen atoms in total. The Balaban J connectivity index is 1.78. The van der Waals surface area contributed by atoms with Crippen molar-refractivity contribution in [3.63, 3.8) is 0 Å². The quantitative estimate of drug-likeness (QED) is 0.672. The van der Waals surface area contributed by atoms with E-state index >= 15 is 0 Å². The Bertz CT molecular complexity index is 1060. The van der Waals surface area contributed by atoms with E-state index in [1.165, 1.54) is 11.6 Å². The number of benzene rings is 2. The Morgan fingerprint density at radius 3 is 2.22 bits per heavy atom. The van der Waals surface area contributed by atoms with Crippen molar-refractivity contribution in [2.75, 3.05) is 13.1 Å². The lowest BCUT2D eigenvalue weighted by atomic mass is 9.86. The number of rotatable bonds is 5. The fourth-order valence-corrected chi connectivity index (χ4v) is 5.51. The van der Waals surface area contributed by atoms with Crippen LogP contribution in [0.15, 0.2) is 47.4 Å². The lowest BCUT2D eigenvalue weighted by molar-refractivity contribution is 0.0939. The maximum atomic E-state index is 13.1. The Morgan fingerprint density at radius 1 is 1.06 bits per heavy atom. The zero-order chi connectivity index (χ0) is 23.7. The van der Waals surface area contributed by atoms with Crippen molar-refractivity contribution >= 4 is 15.9 Å². The van der Waals surface area contributed by atoms with Crippen LogP contribution >= 0.6 is 0 Å². The van der Waals surface area contributed by atoms with E-state index in [0.29, 0.717) is 24.6 Å². The summed E-state index contributed by atoms with van der Waals surface area (Å²) in [6.45, 7) is 13.5. The molecular weight excluding hydrogens is 420 g/mol. The molecule has 0 bridgehead atoms. The highest BCUT2D eigenvalue weighted by Gasteiger charge is 2.29. The summed E-state index contributed by atoms with van der Waals surface area (Å²) in [7, 11) is -3.60. The molecule has 1 heterocycles. The number of amides is 1. The van der Waals surface area contributed by atoms with Crippen molar-refractivity contribution in [3.8, 4) is 0 Å². The second-order valence-corrected chi connectivity index (χ2v) is 12.1. The monoisotopic (exact) mass is 456 g/mol. The lowest BCUT2D eigenvalue weighted by Gasteiger charge is -2.29. The molecule has 1 amide bonds. The molecule has 174 valence electrons. The van der Waals surface area contributed by atoms with Crippen LogP contribution in [-0.4, -0.2) is 31.7 Å². The zero-order valence-corrected chi connectivity index (χ0v) is 20.9. The molecule has 1 saturated heterocycles. The van der Waals surface area contributed by atoms with Gasteiger partial charge in [-0.25, -0.2) is 8.42 Å². The first-order valence-corrected chi connectivity index (χ1v) is 12.9. The lowest BCUT2D eigenvalue weighted by Crippen LogP contribution is -2.38. The molecule has 0 aliphatic carbocycles. The van der Waals surface area contributed by atoms with Gasteiger partial charge in [-0.3, -0.25) is 4.79 Å². The largest absolute Gasteiger partial charge is 0.346 e. The molecule has 1 aliphatic rings. The maximum Gasteiger partial charge on any atom is 0.252 e. The maximum absolute atomic E-state index is 13.1. The van der Waals surface area contributed by atoms with Gasteiger partial charge in [0, 0.05) is 18.7 Å². The van der Waals surface area contributed by atoms with Crippen LogP contribution in [0.2, 0.25) is 0 Å². The molecule has 1 N–H and O–H groups in total. The minimum Gasteiger partial charge on any atom is -0.346 e. The average molecular weight is 457 g/mol. The van der Waals surface area contributed by atoms with Crippen molar-refractivity contribution in [3.05, 3.63) is 64.7 Å². The van der Waals surface area contributed by atoms with E-state index in [0.717, 1.165) is 24.0 Å². The number of carbonyl (C=O) groups excluding carboxylic acids is 1. The smallest absolute Gasteiger partial charge is 0.252 e. The molecular formula is C26H36N2O3S. The highest BCUT2D eigenvalue weighted by Crippen LogP contribution is 2.26. The van der Waals surface area contributed by atoms with Crippen LogP contribution in [0, 0.1) is 12.8 Å². The predicted octanol–water partition coefficient (Wildman–Crippen LogP) is 5.20. The zero-order valence-electron chi connectivity index (χ0n) is 20.1. The first-order chi connectivity index (χ1) is 14.9. The number of hydrogen-bond acceptors (Lipinski definition) is 3. The molecule has 6 heteroatoms. The predicted molar refractivity (Wildman–Crippen MR) is 129 cm³/mol. The standard InChI is InChI=1S/C26H36N2O3S/c1-18-13-15-28(16-14-18)32(30,31)23-12-7-19(2)24(17-23)25(29)27-20(3)21-8-10-22(11-9-21)26(4,5)6/h7-12,17-18,20H,13-16H2,1-6H3,(H,27,29)/t20-/m0/s1. The molecule has 0 aromatic heterocycles. The summed E-state index contributed by atoms with van der Waals surface area (Å²) < 4.78 is 27.8. The van der Waals surface area contributed by atoms with Crippen molar-refractivity contribution in [1.29, 1.82) is 0 Å². The molecule has 0 saturated carbocycles. The van der Waals surface area contributed by atoms with Crippen LogP contribution < -0.4 is 5.32 Å². The Kier molecular flexibility index (Phi) is 7.15. The number of carbonyl (C=O) groups is 1. The minimum absolute atomic E-state index is 0.0699. The summed E-state index contributed by atoms with van der Waals surface area (Å²) in [6, 6.07) is 12.9. The van der Waals surface area contributed by atoms with Crippen molar-refractivity contribution in [2.45, 2.75) is 70.7 Å². The second-order valence-electron chi connectivity index (χ2n) is 10.1. The number of piperidine rings is 1. The molecule has 3 rings (SSSR count). The summed E-state index contributed by atoms with van der Waals surface area (Å²) >= 11 is 0. The van der Waals surface area contributed by atoms with Gasteiger partial charge in [0.05, 0.1) is 10.9 Å². The van der Waals surface area contributed by atoms with Crippen LogP contribution in [0.4, 0.5) is 0 Å². The van der Waals surface area contributed by atoms with Gasteiger partial charge >= 0.3 is 0 Å². The van der Waals surface area contributed by atoms with Gasteiger partial charge in [0.25, 0.3) is 5.91 Å². The van der Waals surface area contributed by atoms with Gasteiger partial charge < -0.3 is 5.32 Å². The highest BCUT2D eigenvalue weighted by atomic mass is 32.2. The third-order valence-electron chi connectivity index (χ3n) is 6.46. The van der Waals surface area contributed by atoms with Gasteiger partial charge in [0.1, 0.15) is 0 Å². The third kappa shape index (κ3) is 5.41. The van der Waals surface area contributed by atoms with Crippen LogP contribution in [0.5, 0.6) is 0 Å². The average Bonchev–Trinajstić information content (AvgIpc) is 2.73. The summed E-state index contributed by atoms with van der Waals surface area (Å²) in [5.74, 6) is 0.277. The van der Waals surface area contributed by atoms with Gasteiger partial charge in [-0.15, -0.1) is 0 Å². The topological polar surface area (TPSA) is 66.5 Å². The van der Waals surface area contributed by atoms with E-state index in [2.05, 4.69) is 45.1 Å². The summed E-state index contributed by atoms with van der Waals surface area (Å²) in [5.41, 5.74) is 3.47. The third-order valence-corrected chi connectivity index (χ3v) is 8.35. The van der Waals surface area contributed by atoms with E-state index in [1.54, 1.807) is 16.4 Å². The summed E-state index contributed by atoms with van der Waals surface area (Å²) in [6.07, 6.45) is 1.73. The molecule has 0 spiro atoms. The molecule has 2 aromatic rings. The fraction of sp³-hybridized carbons (Fsp3) is 0.500. The van der Waals surface area contributed by atoms with Gasteiger partial charge in [-0.05, 0) is 66.8 Å². The summed E-state index contributed by atoms with van der Waals surface area (Å²) in [4.78, 5) is 13.2. The second kappa shape index (κ2) is 9.36. The van der Waals surface area contributed by atoms with Gasteiger partial charge in [-0.1, -0.05) is 58.0 Å². The van der Waals surface area contributed by atoms with Crippen molar-refractivity contribution < 1.29 is 13.2 Å². The van der Waals surface area contributed by atoms with Gasteiger partial charge in [-0.2, -0.15) is 4.31 Å². The van der Waals surface area contributed by atoms with Crippen molar-refractivity contribution in [1.82, 2.24) is 9.62 Å². The van der Waals surface area contributed by atoms with Gasteiger partial charge in [0.2, 0.25) is 10.0 Å². The number of hydrogen-bond donors (Lipinski definition) is 1. The molecule has 32 heavy (non-hydrogen) atoms. The molecule has 1 atom stereocenters.